The van der Waals surface area contributed by atoms with Gasteiger partial charge in [0.15, 0.2) is 5.13 Å². The van der Waals surface area contributed by atoms with Gasteiger partial charge in [-0.3, -0.25) is 15.1 Å². The standard InChI is InChI=1S/C16H12ClN3OS/c1-10-6-7-13(18-8-10)15(21)20-16-19-14(9-22-16)11-4-2-3-5-12(11)17/h2-9H,1H3,(H,19,20,21). The van der Waals surface area contributed by atoms with Crippen molar-refractivity contribution in [3.05, 3.63) is 64.3 Å². The number of anilines is 1. The molecular weight excluding hydrogens is 318 g/mol. The van der Waals surface area contributed by atoms with Crippen molar-refractivity contribution in [2.45, 2.75) is 6.92 Å². The molecule has 0 radical (unpaired) electrons. The van der Waals surface area contributed by atoms with Gasteiger partial charge in [0.25, 0.3) is 5.91 Å². The summed E-state index contributed by atoms with van der Waals surface area (Å²) in [6, 6.07) is 11.0. The van der Waals surface area contributed by atoms with Crippen LogP contribution >= 0.6 is 22.9 Å². The summed E-state index contributed by atoms with van der Waals surface area (Å²) in [5.74, 6) is -0.278. The van der Waals surface area contributed by atoms with Crippen molar-refractivity contribution in [2.75, 3.05) is 5.32 Å². The average Bonchev–Trinajstić information content (AvgIpc) is 2.96. The summed E-state index contributed by atoms with van der Waals surface area (Å²) < 4.78 is 0. The first kappa shape index (κ1) is 14.7. The zero-order valence-electron chi connectivity index (χ0n) is 11.7. The number of nitrogens with one attached hydrogen (secondary N) is 1. The Balaban J connectivity index is 1.78. The monoisotopic (exact) mass is 329 g/mol. The normalized spacial score (nSPS) is 10.5. The predicted octanol–water partition coefficient (Wildman–Crippen LogP) is 4.42. The van der Waals surface area contributed by atoms with Gasteiger partial charge in [-0.05, 0) is 24.6 Å². The Morgan fingerprint density at radius 3 is 2.77 bits per heavy atom. The lowest BCUT2D eigenvalue weighted by Gasteiger charge is -2.01. The van der Waals surface area contributed by atoms with Gasteiger partial charge < -0.3 is 0 Å². The Bertz CT molecular complexity index is 814. The van der Waals surface area contributed by atoms with E-state index in [9.17, 15) is 4.79 Å². The quantitative estimate of drug-likeness (QED) is 0.774. The van der Waals surface area contributed by atoms with E-state index < -0.39 is 0 Å². The van der Waals surface area contributed by atoms with Gasteiger partial charge in [0.2, 0.25) is 0 Å². The molecule has 0 saturated heterocycles. The molecule has 0 unspecified atom stereocenters. The van der Waals surface area contributed by atoms with E-state index in [2.05, 4.69) is 15.3 Å². The van der Waals surface area contributed by atoms with Crippen LogP contribution in [-0.4, -0.2) is 15.9 Å². The minimum Gasteiger partial charge on any atom is -0.296 e. The lowest BCUT2D eigenvalue weighted by atomic mass is 10.2. The lowest BCUT2D eigenvalue weighted by Crippen LogP contribution is -2.13. The molecule has 1 N–H and O–H groups in total. The predicted molar refractivity (Wildman–Crippen MR) is 89.5 cm³/mol. The van der Waals surface area contributed by atoms with Crippen LogP contribution in [0.2, 0.25) is 5.02 Å². The van der Waals surface area contributed by atoms with Gasteiger partial charge in [-0.1, -0.05) is 35.9 Å². The maximum absolute atomic E-state index is 12.1. The summed E-state index contributed by atoms with van der Waals surface area (Å²) in [7, 11) is 0. The molecule has 3 rings (SSSR count). The Hall–Kier alpha value is -2.24. The van der Waals surface area contributed by atoms with Crippen LogP contribution in [0.4, 0.5) is 5.13 Å². The number of rotatable bonds is 3. The van der Waals surface area contributed by atoms with E-state index in [0.717, 1.165) is 16.8 Å². The Morgan fingerprint density at radius 1 is 1.23 bits per heavy atom. The topological polar surface area (TPSA) is 54.9 Å². The molecule has 0 aliphatic carbocycles. The van der Waals surface area contributed by atoms with Crippen LogP contribution in [0, 0.1) is 6.92 Å². The lowest BCUT2D eigenvalue weighted by molar-refractivity contribution is 0.102. The van der Waals surface area contributed by atoms with Gasteiger partial charge in [0, 0.05) is 22.2 Å². The zero-order valence-corrected chi connectivity index (χ0v) is 13.3. The molecule has 1 aromatic carbocycles. The van der Waals surface area contributed by atoms with Gasteiger partial charge in [-0.25, -0.2) is 4.98 Å². The van der Waals surface area contributed by atoms with E-state index in [0.29, 0.717) is 15.8 Å². The van der Waals surface area contributed by atoms with E-state index >= 15 is 0 Å². The summed E-state index contributed by atoms with van der Waals surface area (Å²) >= 11 is 7.50. The molecule has 0 atom stereocenters. The first-order valence-corrected chi connectivity index (χ1v) is 7.83. The molecule has 0 saturated carbocycles. The zero-order chi connectivity index (χ0) is 15.5. The van der Waals surface area contributed by atoms with Crippen LogP contribution in [0.3, 0.4) is 0 Å². The highest BCUT2D eigenvalue weighted by Crippen LogP contribution is 2.30. The van der Waals surface area contributed by atoms with Crippen LogP contribution < -0.4 is 5.32 Å². The third-order valence-corrected chi connectivity index (χ3v) is 4.11. The number of pyridine rings is 1. The van der Waals surface area contributed by atoms with Crippen molar-refractivity contribution in [3.63, 3.8) is 0 Å². The molecule has 110 valence electrons. The number of carbonyl (C=O) groups excluding carboxylic acids is 1. The maximum Gasteiger partial charge on any atom is 0.276 e. The minimum atomic E-state index is -0.278. The minimum absolute atomic E-state index is 0.278. The number of benzene rings is 1. The molecule has 0 bridgehead atoms. The number of aromatic nitrogens is 2. The summed E-state index contributed by atoms with van der Waals surface area (Å²) in [5, 5.41) is 5.76. The fourth-order valence-electron chi connectivity index (χ4n) is 1.89. The second-order valence-corrected chi connectivity index (χ2v) is 5.96. The summed E-state index contributed by atoms with van der Waals surface area (Å²) in [6.45, 7) is 1.92. The SMILES string of the molecule is Cc1ccc(C(=O)Nc2nc(-c3ccccc3Cl)cs2)nc1. The molecule has 4 nitrogen and oxygen atoms in total. The van der Waals surface area contributed by atoms with E-state index in [1.807, 2.05) is 42.6 Å². The van der Waals surface area contributed by atoms with Crippen molar-refractivity contribution in [1.29, 1.82) is 0 Å². The van der Waals surface area contributed by atoms with Gasteiger partial charge >= 0.3 is 0 Å². The first-order valence-electron chi connectivity index (χ1n) is 6.58. The molecule has 0 spiro atoms. The van der Waals surface area contributed by atoms with Gasteiger partial charge in [-0.2, -0.15) is 0 Å². The second-order valence-electron chi connectivity index (χ2n) is 4.69. The van der Waals surface area contributed by atoms with Crippen molar-refractivity contribution in [3.8, 4) is 11.3 Å². The molecule has 0 aliphatic rings. The number of thiazole rings is 1. The third-order valence-electron chi connectivity index (χ3n) is 3.02. The molecule has 0 fully saturated rings. The summed E-state index contributed by atoms with van der Waals surface area (Å²) in [5.41, 5.74) is 2.95. The second kappa shape index (κ2) is 6.25. The molecule has 1 amide bonds. The van der Waals surface area contributed by atoms with Crippen molar-refractivity contribution >= 4 is 34.0 Å². The van der Waals surface area contributed by atoms with Crippen LogP contribution in [0.5, 0.6) is 0 Å². The number of hydrogen-bond donors (Lipinski definition) is 1. The number of amides is 1. The summed E-state index contributed by atoms with van der Waals surface area (Å²) in [6.07, 6.45) is 1.66. The molecule has 0 aliphatic heterocycles. The molecule has 22 heavy (non-hydrogen) atoms. The first-order chi connectivity index (χ1) is 10.6. The van der Waals surface area contributed by atoms with E-state index in [4.69, 9.17) is 11.6 Å². The Morgan fingerprint density at radius 2 is 2.05 bits per heavy atom. The highest BCUT2D eigenvalue weighted by atomic mass is 35.5. The molecule has 6 heteroatoms. The van der Waals surface area contributed by atoms with Crippen LogP contribution in [0.15, 0.2) is 48.0 Å². The maximum atomic E-state index is 12.1. The fraction of sp³-hybridized carbons (Fsp3) is 0.0625. The average molecular weight is 330 g/mol. The largest absolute Gasteiger partial charge is 0.296 e. The smallest absolute Gasteiger partial charge is 0.276 e. The van der Waals surface area contributed by atoms with E-state index in [1.54, 1.807) is 12.3 Å². The molecule has 2 aromatic heterocycles. The van der Waals surface area contributed by atoms with Crippen LogP contribution in [0.25, 0.3) is 11.3 Å². The highest BCUT2D eigenvalue weighted by molar-refractivity contribution is 7.14. The third kappa shape index (κ3) is 3.16. The van der Waals surface area contributed by atoms with Gasteiger partial charge in [0.1, 0.15) is 5.69 Å². The molecule has 2 heterocycles. The van der Waals surface area contributed by atoms with Crippen molar-refractivity contribution in [1.82, 2.24) is 9.97 Å². The number of aryl methyl sites for hydroxylation is 1. The van der Waals surface area contributed by atoms with Gasteiger partial charge in [-0.15, -0.1) is 11.3 Å². The van der Waals surface area contributed by atoms with E-state index in [1.165, 1.54) is 11.3 Å². The Kier molecular flexibility index (Phi) is 4.18. The number of hydrogen-bond acceptors (Lipinski definition) is 4. The van der Waals surface area contributed by atoms with E-state index in [-0.39, 0.29) is 5.91 Å². The van der Waals surface area contributed by atoms with Crippen LogP contribution in [-0.2, 0) is 0 Å². The molecule has 3 aromatic rings. The Labute approximate surface area is 136 Å². The number of halogens is 1. The number of nitrogens with zero attached hydrogens (tertiary/aromatic N) is 2. The number of carbonyl (C=O) groups is 1. The van der Waals surface area contributed by atoms with Gasteiger partial charge in [0.05, 0.1) is 5.69 Å². The summed E-state index contributed by atoms with van der Waals surface area (Å²) in [4.78, 5) is 20.6. The fourth-order valence-corrected chi connectivity index (χ4v) is 2.83. The van der Waals surface area contributed by atoms with Crippen molar-refractivity contribution < 1.29 is 4.79 Å². The molecular formula is C16H12ClN3OS. The highest BCUT2D eigenvalue weighted by Gasteiger charge is 2.12. The van der Waals surface area contributed by atoms with Crippen molar-refractivity contribution in [2.24, 2.45) is 0 Å². The van der Waals surface area contributed by atoms with Crippen LogP contribution in [0.1, 0.15) is 16.1 Å².